The summed E-state index contributed by atoms with van der Waals surface area (Å²) in [5.74, 6) is 0. The van der Waals surface area contributed by atoms with Crippen molar-refractivity contribution in [3.8, 4) is 0 Å². The number of hydrogen-bond acceptors (Lipinski definition) is 3. The molecule has 2 rings (SSSR count). The second-order valence-electron chi connectivity index (χ2n) is 4.41. The summed E-state index contributed by atoms with van der Waals surface area (Å²) in [5.41, 5.74) is 1.55. The molecular weight excluding hydrogens is 467 g/mol. The van der Waals surface area contributed by atoms with E-state index in [1.54, 1.807) is 30.3 Å². The highest BCUT2D eigenvalue weighted by atomic mass is 127. The van der Waals surface area contributed by atoms with Crippen LogP contribution < -0.4 is 10.0 Å². The number of sulfonamides is 1. The molecule has 21 heavy (non-hydrogen) atoms. The van der Waals surface area contributed by atoms with Gasteiger partial charge in [-0.15, -0.1) is 0 Å². The Balaban J connectivity index is 2.29. The maximum absolute atomic E-state index is 12.4. The molecule has 112 valence electrons. The van der Waals surface area contributed by atoms with Crippen LogP contribution in [0.3, 0.4) is 0 Å². The van der Waals surface area contributed by atoms with Crippen LogP contribution in [0.4, 0.5) is 5.69 Å². The first-order chi connectivity index (χ1) is 9.92. The highest BCUT2D eigenvalue weighted by molar-refractivity contribution is 14.1. The average Bonchev–Trinajstić information content (AvgIpc) is 2.41. The van der Waals surface area contributed by atoms with Gasteiger partial charge in [0.15, 0.2) is 0 Å². The lowest BCUT2D eigenvalue weighted by molar-refractivity contribution is 0.600. The van der Waals surface area contributed by atoms with Gasteiger partial charge in [-0.2, -0.15) is 0 Å². The molecule has 0 aliphatic carbocycles. The summed E-state index contributed by atoms with van der Waals surface area (Å²) in [6, 6.07) is 12.4. The van der Waals surface area contributed by atoms with Crippen LogP contribution in [-0.4, -0.2) is 15.5 Å². The SMILES string of the molecule is CNCc1ccc(S(=O)(=O)Nc2ccc(I)cc2)c(Br)c1. The van der Waals surface area contributed by atoms with E-state index < -0.39 is 10.0 Å². The standard InChI is InChI=1S/C14H14BrIN2O2S/c1-17-9-10-2-7-14(13(15)8-10)21(19,20)18-12-5-3-11(16)4-6-12/h2-8,17-18H,9H2,1H3. The Hall–Kier alpha value is -0.640. The van der Waals surface area contributed by atoms with Crippen LogP contribution in [0.15, 0.2) is 51.8 Å². The quantitative estimate of drug-likeness (QED) is 0.643. The molecule has 0 aliphatic rings. The van der Waals surface area contributed by atoms with Gasteiger partial charge in [0.05, 0.1) is 0 Å². The summed E-state index contributed by atoms with van der Waals surface area (Å²) < 4.78 is 29.0. The molecule has 0 aliphatic heterocycles. The Bertz CT molecular complexity index is 733. The zero-order valence-corrected chi connectivity index (χ0v) is 15.8. The van der Waals surface area contributed by atoms with Crippen molar-refractivity contribution >= 4 is 54.2 Å². The minimum Gasteiger partial charge on any atom is -0.316 e. The minimum absolute atomic E-state index is 0.223. The van der Waals surface area contributed by atoms with Crippen LogP contribution in [0.2, 0.25) is 0 Å². The summed E-state index contributed by atoms with van der Waals surface area (Å²) in [4.78, 5) is 0.223. The fourth-order valence-corrected chi connectivity index (χ4v) is 4.35. The number of benzene rings is 2. The van der Waals surface area contributed by atoms with Gasteiger partial charge in [-0.1, -0.05) is 6.07 Å². The van der Waals surface area contributed by atoms with E-state index in [0.29, 0.717) is 16.7 Å². The lowest BCUT2D eigenvalue weighted by Crippen LogP contribution is -2.14. The summed E-state index contributed by atoms with van der Waals surface area (Å²) in [5, 5.41) is 3.03. The Morgan fingerprint density at radius 1 is 1.14 bits per heavy atom. The van der Waals surface area contributed by atoms with E-state index in [0.717, 1.165) is 9.13 Å². The van der Waals surface area contributed by atoms with Gasteiger partial charge in [-0.3, -0.25) is 4.72 Å². The monoisotopic (exact) mass is 480 g/mol. The lowest BCUT2D eigenvalue weighted by Gasteiger charge is -2.11. The van der Waals surface area contributed by atoms with E-state index in [-0.39, 0.29) is 4.90 Å². The normalized spacial score (nSPS) is 11.4. The lowest BCUT2D eigenvalue weighted by atomic mass is 10.2. The van der Waals surface area contributed by atoms with Crippen LogP contribution in [-0.2, 0) is 16.6 Å². The second kappa shape index (κ2) is 7.08. The van der Waals surface area contributed by atoms with Crippen LogP contribution in [0.25, 0.3) is 0 Å². The van der Waals surface area contributed by atoms with Gasteiger partial charge in [0.2, 0.25) is 0 Å². The predicted molar refractivity (Wildman–Crippen MR) is 96.9 cm³/mol. The summed E-state index contributed by atoms with van der Waals surface area (Å²) in [6.45, 7) is 0.684. The molecule has 0 saturated carbocycles. The van der Waals surface area contributed by atoms with Crippen molar-refractivity contribution in [1.82, 2.24) is 5.32 Å². The topological polar surface area (TPSA) is 58.2 Å². The Morgan fingerprint density at radius 2 is 1.81 bits per heavy atom. The third-order valence-corrected chi connectivity index (χ3v) is 5.84. The smallest absolute Gasteiger partial charge is 0.263 e. The van der Waals surface area contributed by atoms with E-state index in [4.69, 9.17) is 0 Å². The molecule has 4 nitrogen and oxygen atoms in total. The van der Waals surface area contributed by atoms with Gasteiger partial charge in [0.1, 0.15) is 4.90 Å². The average molecular weight is 481 g/mol. The van der Waals surface area contributed by atoms with Gasteiger partial charge >= 0.3 is 0 Å². The molecule has 0 unspecified atom stereocenters. The van der Waals surface area contributed by atoms with Crippen molar-refractivity contribution in [2.75, 3.05) is 11.8 Å². The molecule has 2 aromatic rings. The third kappa shape index (κ3) is 4.41. The number of halogens is 2. The molecule has 2 aromatic carbocycles. The van der Waals surface area contributed by atoms with Crippen LogP contribution in [0.5, 0.6) is 0 Å². The Labute approximate surface area is 146 Å². The minimum atomic E-state index is -3.61. The van der Waals surface area contributed by atoms with Gasteiger partial charge < -0.3 is 5.32 Å². The van der Waals surface area contributed by atoms with Crippen molar-refractivity contribution < 1.29 is 8.42 Å². The first-order valence-electron chi connectivity index (χ1n) is 6.14. The third-order valence-electron chi connectivity index (χ3n) is 2.76. The van der Waals surface area contributed by atoms with Gasteiger partial charge in [0.25, 0.3) is 10.0 Å². The van der Waals surface area contributed by atoms with Crippen molar-refractivity contribution in [3.05, 3.63) is 56.1 Å². The van der Waals surface area contributed by atoms with Crippen LogP contribution in [0.1, 0.15) is 5.56 Å². The van der Waals surface area contributed by atoms with Crippen molar-refractivity contribution in [2.45, 2.75) is 11.4 Å². The molecule has 0 heterocycles. The van der Waals surface area contributed by atoms with Crippen molar-refractivity contribution in [2.24, 2.45) is 0 Å². The Kier molecular flexibility index (Phi) is 5.64. The molecule has 0 saturated heterocycles. The largest absolute Gasteiger partial charge is 0.316 e. The molecule has 0 bridgehead atoms. The molecule has 2 N–H and O–H groups in total. The number of nitrogens with one attached hydrogen (secondary N) is 2. The van der Waals surface area contributed by atoms with Gasteiger partial charge in [0, 0.05) is 20.3 Å². The number of rotatable bonds is 5. The van der Waals surface area contributed by atoms with E-state index >= 15 is 0 Å². The Morgan fingerprint density at radius 3 is 2.38 bits per heavy atom. The first-order valence-corrected chi connectivity index (χ1v) is 9.49. The van der Waals surface area contributed by atoms with Gasteiger partial charge in [-0.25, -0.2) is 8.42 Å². The fourth-order valence-electron chi connectivity index (χ4n) is 1.80. The molecule has 0 atom stereocenters. The van der Waals surface area contributed by atoms with Crippen molar-refractivity contribution in [1.29, 1.82) is 0 Å². The second-order valence-corrected chi connectivity index (χ2v) is 8.16. The fraction of sp³-hybridized carbons (Fsp3) is 0.143. The van der Waals surface area contributed by atoms with Crippen molar-refractivity contribution in [3.63, 3.8) is 0 Å². The summed E-state index contributed by atoms with van der Waals surface area (Å²) in [7, 11) is -1.76. The molecule has 0 amide bonds. The molecular formula is C14H14BrIN2O2S. The van der Waals surface area contributed by atoms with Crippen LogP contribution >= 0.6 is 38.5 Å². The highest BCUT2D eigenvalue weighted by Crippen LogP contribution is 2.25. The zero-order valence-electron chi connectivity index (χ0n) is 11.2. The van der Waals surface area contributed by atoms with Gasteiger partial charge in [-0.05, 0) is 87.5 Å². The number of anilines is 1. The van der Waals surface area contributed by atoms with E-state index in [9.17, 15) is 8.42 Å². The molecule has 0 radical (unpaired) electrons. The zero-order chi connectivity index (χ0) is 15.5. The molecule has 0 aromatic heterocycles. The molecule has 0 spiro atoms. The molecule has 7 heteroatoms. The van der Waals surface area contributed by atoms with E-state index in [1.807, 2.05) is 19.2 Å². The maximum Gasteiger partial charge on any atom is 0.263 e. The maximum atomic E-state index is 12.4. The number of hydrogen-bond donors (Lipinski definition) is 2. The summed E-state index contributed by atoms with van der Waals surface area (Å²) >= 11 is 5.50. The van der Waals surface area contributed by atoms with E-state index in [1.165, 1.54) is 0 Å². The molecule has 0 fully saturated rings. The highest BCUT2D eigenvalue weighted by Gasteiger charge is 2.18. The predicted octanol–water partition coefficient (Wildman–Crippen LogP) is 3.57. The summed E-state index contributed by atoms with van der Waals surface area (Å²) in [6.07, 6.45) is 0. The first kappa shape index (κ1) is 16.7. The van der Waals surface area contributed by atoms with Crippen LogP contribution in [0, 0.1) is 3.57 Å². The van der Waals surface area contributed by atoms with E-state index in [2.05, 4.69) is 48.6 Å².